The summed E-state index contributed by atoms with van der Waals surface area (Å²) in [4.78, 5) is 26.4. The lowest BCUT2D eigenvalue weighted by molar-refractivity contribution is -0.137. The van der Waals surface area contributed by atoms with Crippen molar-refractivity contribution < 1.29 is 14.6 Å². The second kappa shape index (κ2) is 9.11. The van der Waals surface area contributed by atoms with E-state index in [1.54, 1.807) is 12.1 Å². The molecule has 33 heavy (non-hydrogen) atoms. The number of hydrogen-bond acceptors (Lipinski definition) is 5. The number of ether oxygens (including phenoxy) is 1. The van der Waals surface area contributed by atoms with Crippen LogP contribution in [0.5, 0.6) is 5.75 Å². The molecule has 168 valence electrons. The highest BCUT2D eigenvalue weighted by Crippen LogP contribution is 2.32. The summed E-state index contributed by atoms with van der Waals surface area (Å²) in [5.41, 5.74) is 2.52. The number of halogens is 1. The average molecular weight is 463 g/mol. The van der Waals surface area contributed by atoms with Crippen molar-refractivity contribution in [3.8, 4) is 17.1 Å². The van der Waals surface area contributed by atoms with Crippen LogP contribution in [0.15, 0.2) is 60.7 Å². The number of carbonyl (C=O) groups is 1. The lowest BCUT2D eigenvalue weighted by Gasteiger charge is -2.19. The summed E-state index contributed by atoms with van der Waals surface area (Å²) in [5, 5.41) is 10.7. The van der Waals surface area contributed by atoms with Crippen LogP contribution in [0.1, 0.15) is 18.5 Å². The van der Waals surface area contributed by atoms with Crippen molar-refractivity contribution in [3.05, 3.63) is 71.4 Å². The van der Waals surface area contributed by atoms with E-state index in [2.05, 4.69) is 9.88 Å². The van der Waals surface area contributed by atoms with Crippen LogP contribution in [-0.4, -0.2) is 39.1 Å². The molecular weight excluding hydrogens is 440 g/mol. The number of aromatic amines is 1. The zero-order chi connectivity index (χ0) is 22.8. The SMILES string of the molecule is O=C(O)CC1CCN(c2nc(-c3ccccc3)nc3[nH]c(COc4cccc(Cl)c4)cc23)C1. The van der Waals surface area contributed by atoms with Crippen LogP contribution < -0.4 is 9.64 Å². The third kappa shape index (κ3) is 4.78. The molecule has 1 saturated heterocycles. The number of hydrogen-bond donors (Lipinski definition) is 2. The topological polar surface area (TPSA) is 91.3 Å². The van der Waals surface area contributed by atoms with Crippen LogP contribution >= 0.6 is 11.6 Å². The Hall–Kier alpha value is -3.58. The molecule has 7 nitrogen and oxygen atoms in total. The molecule has 3 heterocycles. The van der Waals surface area contributed by atoms with Crippen molar-refractivity contribution in [2.45, 2.75) is 19.4 Å². The molecule has 0 radical (unpaired) electrons. The Morgan fingerprint density at radius 2 is 2.00 bits per heavy atom. The molecular formula is C25H23ClN4O3. The molecule has 0 bridgehead atoms. The molecule has 2 aromatic heterocycles. The summed E-state index contributed by atoms with van der Waals surface area (Å²) in [6.07, 6.45) is 0.996. The fourth-order valence-corrected chi connectivity index (χ4v) is 4.42. The van der Waals surface area contributed by atoms with E-state index in [0.29, 0.717) is 29.7 Å². The third-order valence-electron chi connectivity index (χ3n) is 5.79. The molecule has 1 unspecified atom stereocenters. The summed E-state index contributed by atoms with van der Waals surface area (Å²) < 4.78 is 5.90. The summed E-state index contributed by atoms with van der Waals surface area (Å²) >= 11 is 6.05. The fourth-order valence-electron chi connectivity index (χ4n) is 4.24. The van der Waals surface area contributed by atoms with Crippen LogP contribution in [0.25, 0.3) is 22.4 Å². The van der Waals surface area contributed by atoms with Crippen LogP contribution in [0, 0.1) is 5.92 Å². The standard InChI is InChI=1S/C25H23ClN4O3/c26-18-7-4-8-20(12-18)33-15-19-13-21-24(27-19)28-23(17-5-2-1-3-6-17)29-25(21)30-10-9-16(14-30)11-22(31)32/h1-8,12-13,16H,9-11,14-15H2,(H,31,32)(H,27,28,29). The second-order valence-electron chi connectivity index (χ2n) is 8.24. The van der Waals surface area contributed by atoms with Crippen molar-refractivity contribution in [3.63, 3.8) is 0 Å². The number of nitrogens with one attached hydrogen (secondary N) is 1. The molecule has 2 N–H and O–H groups in total. The quantitative estimate of drug-likeness (QED) is 0.394. The van der Waals surface area contributed by atoms with Gasteiger partial charge in [-0.1, -0.05) is 48.0 Å². The van der Waals surface area contributed by atoms with Gasteiger partial charge in [-0.05, 0) is 36.6 Å². The lowest BCUT2D eigenvalue weighted by Crippen LogP contribution is -2.22. The Bertz CT molecular complexity index is 1290. The van der Waals surface area contributed by atoms with Gasteiger partial charge in [-0.2, -0.15) is 0 Å². The maximum atomic E-state index is 11.2. The third-order valence-corrected chi connectivity index (χ3v) is 6.03. The number of carboxylic acid groups (broad SMARTS) is 1. The first kappa shape index (κ1) is 21.3. The molecule has 0 saturated carbocycles. The van der Waals surface area contributed by atoms with Gasteiger partial charge in [-0.25, -0.2) is 9.97 Å². The Morgan fingerprint density at radius 3 is 2.79 bits per heavy atom. The Labute approximate surface area is 196 Å². The largest absolute Gasteiger partial charge is 0.487 e. The average Bonchev–Trinajstić information content (AvgIpc) is 3.44. The van der Waals surface area contributed by atoms with Gasteiger partial charge in [-0.3, -0.25) is 4.79 Å². The number of aromatic nitrogens is 3. The number of nitrogens with zero attached hydrogens (tertiary/aromatic N) is 3. The van der Waals surface area contributed by atoms with Crippen molar-refractivity contribution in [2.24, 2.45) is 5.92 Å². The number of H-pyrrole nitrogens is 1. The number of aliphatic carboxylic acids is 1. The maximum absolute atomic E-state index is 11.2. The van der Waals surface area contributed by atoms with E-state index in [1.165, 1.54) is 0 Å². The van der Waals surface area contributed by atoms with Gasteiger partial charge in [0.25, 0.3) is 0 Å². The van der Waals surface area contributed by atoms with Crippen LogP contribution in [0.4, 0.5) is 5.82 Å². The molecule has 1 aliphatic rings. The molecule has 5 rings (SSSR count). The molecule has 8 heteroatoms. The van der Waals surface area contributed by atoms with Gasteiger partial charge in [0, 0.05) is 30.1 Å². The van der Waals surface area contributed by atoms with E-state index < -0.39 is 5.97 Å². The van der Waals surface area contributed by atoms with Crippen molar-refractivity contribution in [1.29, 1.82) is 0 Å². The van der Waals surface area contributed by atoms with E-state index in [4.69, 9.17) is 26.3 Å². The second-order valence-corrected chi connectivity index (χ2v) is 8.67. The molecule has 2 aromatic carbocycles. The van der Waals surface area contributed by atoms with E-state index >= 15 is 0 Å². The predicted octanol–water partition coefficient (Wildman–Crippen LogP) is 5.16. The first-order valence-corrected chi connectivity index (χ1v) is 11.2. The van der Waals surface area contributed by atoms with E-state index in [1.807, 2.05) is 48.5 Å². The highest BCUT2D eigenvalue weighted by molar-refractivity contribution is 6.30. The zero-order valence-corrected chi connectivity index (χ0v) is 18.6. The minimum Gasteiger partial charge on any atom is -0.487 e. The first-order valence-electron chi connectivity index (χ1n) is 10.9. The van der Waals surface area contributed by atoms with Gasteiger partial charge in [0.1, 0.15) is 23.8 Å². The van der Waals surface area contributed by atoms with Gasteiger partial charge < -0.3 is 19.7 Å². The van der Waals surface area contributed by atoms with Gasteiger partial charge in [-0.15, -0.1) is 0 Å². The van der Waals surface area contributed by atoms with Crippen LogP contribution in [0.2, 0.25) is 5.02 Å². The molecule has 0 spiro atoms. The van der Waals surface area contributed by atoms with Crippen LogP contribution in [-0.2, 0) is 11.4 Å². The highest BCUT2D eigenvalue weighted by Gasteiger charge is 2.27. The maximum Gasteiger partial charge on any atom is 0.303 e. The van der Waals surface area contributed by atoms with Crippen LogP contribution in [0.3, 0.4) is 0 Å². The summed E-state index contributed by atoms with van der Waals surface area (Å²) in [6.45, 7) is 1.75. The lowest BCUT2D eigenvalue weighted by atomic mass is 10.1. The number of benzene rings is 2. The minimum absolute atomic E-state index is 0.109. The van der Waals surface area contributed by atoms with E-state index in [9.17, 15) is 9.90 Å². The monoisotopic (exact) mass is 462 g/mol. The van der Waals surface area contributed by atoms with Gasteiger partial charge >= 0.3 is 5.97 Å². The van der Waals surface area contributed by atoms with Gasteiger partial charge in [0.2, 0.25) is 0 Å². The number of carboxylic acids is 1. The smallest absolute Gasteiger partial charge is 0.303 e. The fraction of sp³-hybridized carbons (Fsp3) is 0.240. The van der Waals surface area contributed by atoms with Gasteiger partial charge in [0.15, 0.2) is 5.82 Å². The molecule has 0 amide bonds. The Balaban J connectivity index is 1.48. The minimum atomic E-state index is -0.762. The summed E-state index contributed by atoms with van der Waals surface area (Å²) in [7, 11) is 0. The predicted molar refractivity (Wildman–Crippen MR) is 128 cm³/mol. The van der Waals surface area contributed by atoms with Crippen molar-refractivity contribution in [1.82, 2.24) is 15.0 Å². The number of fused-ring (bicyclic) bond motifs is 1. The summed E-state index contributed by atoms with van der Waals surface area (Å²) in [5.74, 6) is 1.48. The molecule has 0 aliphatic carbocycles. The Kier molecular flexibility index (Phi) is 5.88. The van der Waals surface area contributed by atoms with E-state index in [-0.39, 0.29) is 12.3 Å². The zero-order valence-electron chi connectivity index (χ0n) is 17.9. The highest BCUT2D eigenvalue weighted by atomic mass is 35.5. The normalized spacial score (nSPS) is 15.8. The first-order chi connectivity index (χ1) is 16.0. The van der Waals surface area contributed by atoms with Gasteiger partial charge in [0.05, 0.1) is 11.1 Å². The number of rotatable bonds is 7. The molecule has 1 atom stereocenters. The van der Waals surface area contributed by atoms with Crippen molar-refractivity contribution >= 4 is 34.4 Å². The molecule has 1 aliphatic heterocycles. The molecule has 4 aromatic rings. The number of anilines is 1. The molecule has 1 fully saturated rings. The Morgan fingerprint density at radius 1 is 1.15 bits per heavy atom. The van der Waals surface area contributed by atoms with Crippen molar-refractivity contribution in [2.75, 3.05) is 18.0 Å². The van der Waals surface area contributed by atoms with E-state index in [0.717, 1.165) is 41.1 Å². The summed E-state index contributed by atoms with van der Waals surface area (Å²) in [6, 6.07) is 19.1.